The van der Waals surface area contributed by atoms with Crippen molar-refractivity contribution < 1.29 is 12.3 Å². The zero-order valence-electron chi connectivity index (χ0n) is 19.0. The highest BCUT2D eigenvalue weighted by Gasteiger charge is 2.12. The molecule has 0 aliphatic heterocycles. The monoisotopic (exact) mass is 447 g/mol. The summed E-state index contributed by atoms with van der Waals surface area (Å²) in [6, 6.07) is 15.1. The molecule has 5 rings (SSSR count). The predicted octanol–water partition coefficient (Wildman–Crippen LogP) is 5.87. The Morgan fingerprint density at radius 3 is 2.91 bits per heavy atom. The Morgan fingerprint density at radius 2 is 2.03 bits per heavy atom. The summed E-state index contributed by atoms with van der Waals surface area (Å²) >= 11 is 6.05. The number of urea groups is 1. The molecular weight excluding hydrogens is 426 g/mol. The van der Waals surface area contributed by atoms with Crippen LogP contribution in [0.25, 0.3) is 21.9 Å². The molecule has 160 valence electrons. The number of halogens is 1. The molecule has 0 saturated carbocycles. The number of benzene rings is 2. The van der Waals surface area contributed by atoms with E-state index in [4.69, 9.17) is 19.1 Å². The number of ether oxygens (including phenoxy) is 1. The van der Waals surface area contributed by atoms with Gasteiger partial charge in [0.2, 0.25) is 0 Å². The van der Waals surface area contributed by atoms with Crippen LogP contribution >= 0.6 is 11.6 Å². The van der Waals surface area contributed by atoms with Gasteiger partial charge in [-0.15, -0.1) is 0 Å². The van der Waals surface area contributed by atoms with Crippen molar-refractivity contribution in [3.05, 3.63) is 83.8 Å². The molecule has 3 heterocycles. The molecule has 0 bridgehead atoms. The topological polar surface area (TPSA) is 84.0 Å². The fraction of sp³-hybridized carbons (Fsp3) is 0.0833. The average Bonchev–Trinajstić information content (AvgIpc) is 3.47. The minimum atomic E-state index is -1.86. The fourth-order valence-electron chi connectivity index (χ4n) is 3.62. The van der Waals surface area contributed by atoms with Crippen LogP contribution in [-0.4, -0.2) is 27.7 Å². The van der Waals surface area contributed by atoms with Crippen LogP contribution in [0.15, 0.2) is 73.2 Å². The molecule has 7 nitrogen and oxygen atoms in total. The predicted molar refractivity (Wildman–Crippen MR) is 128 cm³/mol. The van der Waals surface area contributed by atoms with E-state index in [1.807, 2.05) is 12.1 Å². The van der Waals surface area contributed by atoms with Gasteiger partial charge in [0.25, 0.3) is 0 Å². The zero-order valence-corrected chi connectivity index (χ0v) is 17.8. The Labute approximate surface area is 191 Å². The first kappa shape index (κ1) is 17.7. The van der Waals surface area contributed by atoms with E-state index < -0.39 is 12.5 Å². The summed E-state index contributed by atoms with van der Waals surface area (Å²) in [5, 5.41) is 7.44. The van der Waals surface area contributed by atoms with Crippen LogP contribution in [0, 0.1) is 0 Å². The lowest BCUT2D eigenvalue weighted by molar-refractivity contribution is 0.262. The molecule has 0 fully saturated rings. The van der Waals surface area contributed by atoms with Gasteiger partial charge in [0.1, 0.15) is 11.4 Å². The minimum Gasteiger partial charge on any atom is -0.495 e. The van der Waals surface area contributed by atoms with E-state index in [2.05, 4.69) is 20.6 Å². The molecule has 8 heteroatoms. The lowest BCUT2D eigenvalue weighted by Gasteiger charge is -2.12. The summed E-state index contributed by atoms with van der Waals surface area (Å²) in [6.45, 7) is -1.86. The number of nitrogens with zero attached hydrogens (tertiary/aromatic N) is 2. The molecule has 0 aliphatic carbocycles. The number of H-pyrrole nitrogens is 1. The Bertz CT molecular complexity index is 1530. The highest BCUT2D eigenvalue weighted by Crippen LogP contribution is 2.29. The SMILES string of the molecule is [2H]C([2H])(c1ccnc2[nH]ccc12)n1ccc2c(NC(=O)Nc3cc(Cl)ccc3OC)cccc21. The maximum absolute atomic E-state index is 12.7. The van der Waals surface area contributed by atoms with Crippen LogP contribution in [0.4, 0.5) is 16.2 Å². The summed E-state index contributed by atoms with van der Waals surface area (Å²) in [5.74, 6) is 0.477. The number of methoxy groups -OCH3 is 1. The standard InChI is InChI=1S/C24H20ClN5O2/c1-32-22-6-5-16(25)13-20(22)29-24(31)28-19-3-2-4-21-18(19)9-12-30(21)14-15-7-10-26-23-17(15)8-11-27-23/h2-13H,14H2,1H3,(H,26,27)(H2,28,29,31)/i14D2. The van der Waals surface area contributed by atoms with Gasteiger partial charge < -0.3 is 24.9 Å². The lowest BCUT2D eigenvalue weighted by atomic mass is 10.2. The molecule has 3 aromatic heterocycles. The summed E-state index contributed by atoms with van der Waals surface area (Å²) < 4.78 is 24.7. The van der Waals surface area contributed by atoms with Crippen molar-refractivity contribution in [1.82, 2.24) is 14.5 Å². The van der Waals surface area contributed by atoms with Gasteiger partial charge in [-0.2, -0.15) is 0 Å². The maximum atomic E-state index is 12.7. The highest BCUT2D eigenvalue weighted by atomic mass is 35.5. The first-order chi connectivity index (χ1) is 16.4. The van der Waals surface area contributed by atoms with Crippen molar-refractivity contribution >= 4 is 50.9 Å². The molecule has 0 radical (unpaired) electrons. The second kappa shape index (κ2) is 8.28. The van der Waals surface area contributed by atoms with Crippen LogP contribution in [0.3, 0.4) is 0 Å². The maximum Gasteiger partial charge on any atom is 0.323 e. The van der Waals surface area contributed by atoms with Crippen molar-refractivity contribution in [3.63, 3.8) is 0 Å². The largest absolute Gasteiger partial charge is 0.495 e. The Hall–Kier alpha value is -3.97. The van der Waals surface area contributed by atoms with Crippen molar-refractivity contribution in [3.8, 4) is 5.75 Å². The first-order valence-corrected chi connectivity index (χ1v) is 10.2. The Balaban J connectivity index is 1.48. The Morgan fingerprint density at radius 1 is 1.16 bits per heavy atom. The first-order valence-electron chi connectivity index (χ1n) is 10.8. The van der Waals surface area contributed by atoms with Gasteiger partial charge in [0.15, 0.2) is 0 Å². The minimum absolute atomic E-state index is 0.432. The van der Waals surface area contributed by atoms with Crippen molar-refractivity contribution in [2.75, 3.05) is 17.7 Å². The fourth-order valence-corrected chi connectivity index (χ4v) is 3.79. The number of hydrogen-bond donors (Lipinski definition) is 3. The quantitative estimate of drug-likeness (QED) is 0.315. The number of fused-ring (bicyclic) bond motifs is 2. The van der Waals surface area contributed by atoms with Crippen LogP contribution in [-0.2, 0) is 6.50 Å². The number of pyridine rings is 1. The van der Waals surface area contributed by atoms with Gasteiger partial charge in [-0.25, -0.2) is 9.78 Å². The number of hydrogen-bond acceptors (Lipinski definition) is 3. The van der Waals surface area contributed by atoms with Gasteiger partial charge in [0, 0.05) is 40.9 Å². The molecule has 0 saturated heterocycles. The highest BCUT2D eigenvalue weighted by molar-refractivity contribution is 6.31. The summed E-state index contributed by atoms with van der Waals surface area (Å²) in [5.41, 5.74) is 2.70. The molecule has 0 spiro atoms. The van der Waals surface area contributed by atoms with Crippen LogP contribution in [0.1, 0.15) is 8.30 Å². The van der Waals surface area contributed by atoms with Crippen LogP contribution in [0.2, 0.25) is 5.02 Å². The van der Waals surface area contributed by atoms with Gasteiger partial charge in [-0.3, -0.25) is 0 Å². The lowest BCUT2D eigenvalue weighted by Crippen LogP contribution is -2.20. The number of nitrogens with one attached hydrogen (secondary N) is 3. The van der Waals surface area contributed by atoms with Crippen LogP contribution in [0.5, 0.6) is 5.75 Å². The number of carbonyl (C=O) groups excluding carboxylic acids is 1. The number of carbonyl (C=O) groups is 1. The number of aromatic amines is 1. The molecule has 0 aliphatic rings. The number of amides is 2. The van der Waals surface area contributed by atoms with Gasteiger partial charge in [-0.05, 0) is 54.1 Å². The van der Waals surface area contributed by atoms with E-state index in [-0.39, 0.29) is 0 Å². The molecule has 3 N–H and O–H groups in total. The molecule has 5 aromatic rings. The molecule has 0 atom stereocenters. The molecule has 32 heavy (non-hydrogen) atoms. The molecule has 2 amide bonds. The van der Waals surface area contributed by atoms with E-state index in [0.717, 1.165) is 0 Å². The van der Waals surface area contributed by atoms with Crippen molar-refractivity contribution in [1.29, 1.82) is 0 Å². The summed E-state index contributed by atoms with van der Waals surface area (Å²) in [4.78, 5) is 20.0. The van der Waals surface area contributed by atoms with Gasteiger partial charge in [0.05, 0.1) is 26.7 Å². The Kier molecular flexibility index (Phi) is 4.58. The zero-order chi connectivity index (χ0) is 23.9. The summed E-state index contributed by atoms with van der Waals surface area (Å²) in [7, 11) is 1.51. The third-order valence-corrected chi connectivity index (χ3v) is 5.33. The van der Waals surface area contributed by atoms with Gasteiger partial charge in [-0.1, -0.05) is 17.7 Å². The number of rotatable bonds is 5. The molecule has 0 unspecified atom stereocenters. The normalized spacial score (nSPS) is 12.4. The third-order valence-electron chi connectivity index (χ3n) is 5.09. The van der Waals surface area contributed by atoms with Crippen molar-refractivity contribution in [2.24, 2.45) is 0 Å². The molecular formula is C24H20ClN5O2. The van der Waals surface area contributed by atoms with E-state index in [1.54, 1.807) is 65.6 Å². The van der Waals surface area contributed by atoms with Crippen molar-refractivity contribution in [2.45, 2.75) is 6.50 Å². The number of anilines is 2. The van der Waals surface area contributed by atoms with Gasteiger partial charge >= 0.3 is 6.03 Å². The van der Waals surface area contributed by atoms with Crippen LogP contribution < -0.4 is 15.4 Å². The smallest absolute Gasteiger partial charge is 0.323 e. The average molecular weight is 448 g/mol. The number of aromatic nitrogens is 3. The van der Waals surface area contributed by atoms with E-state index in [1.165, 1.54) is 7.11 Å². The third kappa shape index (κ3) is 3.74. The second-order valence-electron chi connectivity index (χ2n) is 7.06. The van der Waals surface area contributed by atoms with E-state index >= 15 is 0 Å². The van der Waals surface area contributed by atoms with E-state index in [0.29, 0.717) is 49.6 Å². The second-order valence-corrected chi connectivity index (χ2v) is 7.49. The van der Waals surface area contributed by atoms with E-state index in [9.17, 15) is 4.79 Å². The summed E-state index contributed by atoms with van der Waals surface area (Å²) in [6.07, 6.45) is 4.99. The molecule has 2 aromatic carbocycles.